The van der Waals surface area contributed by atoms with Crippen LogP contribution in [0.5, 0.6) is 5.75 Å². The monoisotopic (exact) mass is 360 g/mol. The molecule has 0 spiro atoms. The van der Waals surface area contributed by atoms with E-state index >= 15 is 0 Å². The molecule has 1 heterocycles. The summed E-state index contributed by atoms with van der Waals surface area (Å²) in [5.74, 6) is 0.570. The van der Waals surface area contributed by atoms with Crippen LogP contribution in [0.15, 0.2) is 53.6 Å². The number of para-hydroxylation sites is 1. The summed E-state index contributed by atoms with van der Waals surface area (Å²) in [4.78, 5) is 0. The van der Waals surface area contributed by atoms with Crippen molar-refractivity contribution in [1.29, 1.82) is 0 Å². The topological polar surface area (TPSA) is 55.2 Å². The molecule has 128 valence electrons. The van der Waals surface area contributed by atoms with Crippen LogP contribution < -0.4 is 4.74 Å². The Balaban J connectivity index is 2.00. The van der Waals surface area contributed by atoms with Crippen LogP contribution >= 0.6 is 12.2 Å². The van der Waals surface area contributed by atoms with Crippen molar-refractivity contribution in [2.45, 2.75) is 13.5 Å². The van der Waals surface area contributed by atoms with Gasteiger partial charge < -0.3 is 4.74 Å². The van der Waals surface area contributed by atoms with E-state index in [-0.39, 0.29) is 5.75 Å². The van der Waals surface area contributed by atoms with Gasteiger partial charge in [0.05, 0.1) is 6.21 Å². The van der Waals surface area contributed by atoms with Crippen LogP contribution in [0.3, 0.4) is 0 Å². The quantitative estimate of drug-likeness (QED) is 0.542. The van der Waals surface area contributed by atoms with Gasteiger partial charge >= 0.3 is 6.61 Å². The standard InChI is InChI=1S/C17H14F2N4OS/c1-11-6-2-4-8-13(11)15-21-22-17(25)23(15)20-10-12-7-3-5-9-14(12)24-16(18)19/h2-10,16H,1H3,(H,22,25)/b20-10-. The Kier molecular flexibility index (Phi) is 4.99. The van der Waals surface area contributed by atoms with Crippen LogP contribution in [-0.2, 0) is 0 Å². The molecule has 0 fully saturated rings. The van der Waals surface area contributed by atoms with Crippen LogP contribution in [0.4, 0.5) is 8.78 Å². The summed E-state index contributed by atoms with van der Waals surface area (Å²) in [7, 11) is 0. The van der Waals surface area contributed by atoms with Gasteiger partial charge in [0.2, 0.25) is 4.77 Å². The van der Waals surface area contributed by atoms with E-state index in [2.05, 4.69) is 20.0 Å². The van der Waals surface area contributed by atoms with Crippen LogP contribution in [-0.4, -0.2) is 27.7 Å². The van der Waals surface area contributed by atoms with Gasteiger partial charge in [-0.15, -0.1) is 0 Å². The zero-order valence-electron chi connectivity index (χ0n) is 13.2. The molecule has 0 amide bonds. The number of aromatic nitrogens is 3. The number of aryl methyl sites for hydroxylation is 1. The lowest BCUT2D eigenvalue weighted by molar-refractivity contribution is -0.0499. The zero-order chi connectivity index (χ0) is 17.8. The molecule has 0 aliphatic heterocycles. The lowest BCUT2D eigenvalue weighted by atomic mass is 10.1. The minimum Gasteiger partial charge on any atom is -0.434 e. The second-order valence-corrected chi connectivity index (χ2v) is 5.53. The average Bonchev–Trinajstić information content (AvgIpc) is 2.95. The SMILES string of the molecule is Cc1ccccc1-c1n[nH]c(=S)n1/N=C\c1ccccc1OC(F)F. The fourth-order valence-electron chi connectivity index (χ4n) is 2.31. The summed E-state index contributed by atoms with van der Waals surface area (Å²) in [6.45, 7) is -0.958. The molecule has 0 atom stereocenters. The molecule has 1 N–H and O–H groups in total. The molecule has 0 aliphatic carbocycles. The summed E-state index contributed by atoms with van der Waals surface area (Å²) >= 11 is 5.21. The third-order valence-electron chi connectivity index (χ3n) is 3.48. The largest absolute Gasteiger partial charge is 0.434 e. The minimum absolute atomic E-state index is 0.0358. The highest BCUT2D eigenvalue weighted by Crippen LogP contribution is 2.22. The third kappa shape index (κ3) is 3.80. The first kappa shape index (κ1) is 17.0. The van der Waals surface area contributed by atoms with Crippen molar-refractivity contribution in [3.8, 4) is 17.1 Å². The summed E-state index contributed by atoms with van der Waals surface area (Å²) in [5.41, 5.74) is 2.28. The lowest BCUT2D eigenvalue weighted by Crippen LogP contribution is -2.04. The molecule has 1 aromatic heterocycles. The summed E-state index contributed by atoms with van der Waals surface area (Å²) in [5, 5.41) is 11.2. The van der Waals surface area contributed by atoms with Gasteiger partial charge in [-0.2, -0.15) is 23.7 Å². The fraction of sp³-hybridized carbons (Fsp3) is 0.118. The van der Waals surface area contributed by atoms with E-state index < -0.39 is 6.61 Å². The number of H-pyrrole nitrogens is 1. The number of halogens is 2. The molecule has 0 radical (unpaired) electrons. The molecule has 0 unspecified atom stereocenters. The first-order valence-electron chi connectivity index (χ1n) is 7.38. The van der Waals surface area contributed by atoms with Crippen LogP contribution in [0.25, 0.3) is 11.4 Å². The van der Waals surface area contributed by atoms with E-state index in [9.17, 15) is 8.78 Å². The Bertz CT molecular complexity index is 965. The molecule has 0 aliphatic rings. The molecular weight excluding hydrogens is 346 g/mol. The number of hydrogen-bond acceptors (Lipinski definition) is 4. The van der Waals surface area contributed by atoms with E-state index in [1.54, 1.807) is 18.2 Å². The second kappa shape index (κ2) is 7.35. The van der Waals surface area contributed by atoms with Crippen molar-refractivity contribution in [2.24, 2.45) is 5.10 Å². The van der Waals surface area contributed by atoms with Crippen LogP contribution in [0.1, 0.15) is 11.1 Å². The Morgan fingerprint density at radius 3 is 2.68 bits per heavy atom. The number of alkyl halides is 2. The van der Waals surface area contributed by atoms with Crippen molar-refractivity contribution in [1.82, 2.24) is 14.9 Å². The van der Waals surface area contributed by atoms with Crippen molar-refractivity contribution in [2.75, 3.05) is 0 Å². The van der Waals surface area contributed by atoms with E-state index in [4.69, 9.17) is 12.2 Å². The maximum atomic E-state index is 12.5. The van der Waals surface area contributed by atoms with Crippen molar-refractivity contribution >= 4 is 18.4 Å². The summed E-state index contributed by atoms with van der Waals surface area (Å²) < 4.78 is 31.2. The molecule has 2 aromatic carbocycles. The molecule has 0 saturated carbocycles. The maximum Gasteiger partial charge on any atom is 0.387 e. The molecule has 3 aromatic rings. The van der Waals surface area contributed by atoms with Crippen molar-refractivity contribution in [3.05, 3.63) is 64.4 Å². The average molecular weight is 360 g/mol. The van der Waals surface area contributed by atoms with Gasteiger partial charge in [-0.1, -0.05) is 36.4 Å². The van der Waals surface area contributed by atoms with Crippen molar-refractivity contribution in [3.63, 3.8) is 0 Å². The van der Waals surface area contributed by atoms with E-state index in [1.807, 2.05) is 31.2 Å². The second-order valence-electron chi connectivity index (χ2n) is 5.14. The van der Waals surface area contributed by atoms with Gasteiger partial charge in [0.25, 0.3) is 0 Å². The van der Waals surface area contributed by atoms with Gasteiger partial charge in [0.15, 0.2) is 5.82 Å². The first-order chi connectivity index (χ1) is 12.1. The molecule has 5 nitrogen and oxygen atoms in total. The molecule has 0 saturated heterocycles. The summed E-state index contributed by atoms with van der Waals surface area (Å²) in [6, 6.07) is 14.1. The van der Waals surface area contributed by atoms with E-state index in [0.717, 1.165) is 11.1 Å². The van der Waals surface area contributed by atoms with E-state index in [0.29, 0.717) is 16.2 Å². The molecule has 25 heavy (non-hydrogen) atoms. The third-order valence-corrected chi connectivity index (χ3v) is 3.75. The van der Waals surface area contributed by atoms with Gasteiger partial charge in [0, 0.05) is 11.1 Å². The van der Waals surface area contributed by atoms with Crippen LogP contribution in [0, 0.1) is 11.7 Å². The smallest absolute Gasteiger partial charge is 0.387 e. The number of nitrogens with one attached hydrogen (secondary N) is 1. The Morgan fingerprint density at radius 2 is 1.92 bits per heavy atom. The highest BCUT2D eigenvalue weighted by molar-refractivity contribution is 7.71. The Hall–Kier alpha value is -2.87. The minimum atomic E-state index is -2.91. The van der Waals surface area contributed by atoms with Gasteiger partial charge in [-0.3, -0.25) is 0 Å². The first-order valence-corrected chi connectivity index (χ1v) is 7.78. The lowest BCUT2D eigenvalue weighted by Gasteiger charge is -2.07. The van der Waals surface area contributed by atoms with Gasteiger partial charge in [-0.05, 0) is 36.8 Å². The molecule has 3 rings (SSSR count). The Morgan fingerprint density at radius 1 is 1.20 bits per heavy atom. The van der Waals surface area contributed by atoms with Crippen molar-refractivity contribution < 1.29 is 13.5 Å². The predicted octanol–water partition coefficient (Wildman–Crippen LogP) is 4.40. The number of aromatic amines is 1. The number of benzene rings is 2. The highest BCUT2D eigenvalue weighted by Gasteiger charge is 2.11. The van der Waals surface area contributed by atoms with Gasteiger partial charge in [0.1, 0.15) is 5.75 Å². The van der Waals surface area contributed by atoms with E-state index in [1.165, 1.54) is 17.0 Å². The number of ether oxygens (including phenoxy) is 1. The maximum absolute atomic E-state index is 12.5. The summed E-state index contributed by atoms with van der Waals surface area (Å²) in [6.07, 6.45) is 1.41. The zero-order valence-corrected chi connectivity index (χ0v) is 14.0. The normalized spacial score (nSPS) is 11.4. The Labute approximate surface area is 147 Å². The molecule has 8 heteroatoms. The van der Waals surface area contributed by atoms with Gasteiger partial charge in [-0.25, -0.2) is 5.10 Å². The molecule has 0 bridgehead atoms. The molecular formula is C17H14F2N4OS. The predicted molar refractivity (Wildman–Crippen MR) is 93.7 cm³/mol. The number of nitrogens with zero attached hydrogens (tertiary/aromatic N) is 3. The number of rotatable bonds is 5. The highest BCUT2D eigenvalue weighted by atomic mass is 32.1. The number of hydrogen-bond donors (Lipinski definition) is 1. The fourth-order valence-corrected chi connectivity index (χ4v) is 2.49. The van der Waals surface area contributed by atoms with Crippen LogP contribution in [0.2, 0.25) is 0 Å².